The monoisotopic (exact) mass is 247 g/mol. The summed E-state index contributed by atoms with van der Waals surface area (Å²) in [7, 11) is 0. The highest BCUT2D eigenvalue weighted by molar-refractivity contribution is 5.93. The summed E-state index contributed by atoms with van der Waals surface area (Å²) < 4.78 is 4.97. The number of ether oxygens (including phenoxy) is 1. The Morgan fingerprint density at radius 3 is 2.78 bits per heavy atom. The average molecular weight is 247 g/mol. The molecule has 0 fully saturated rings. The third kappa shape index (κ3) is 2.20. The van der Waals surface area contributed by atoms with E-state index in [-0.39, 0.29) is 11.4 Å². The van der Waals surface area contributed by atoms with Gasteiger partial charge < -0.3 is 4.74 Å². The van der Waals surface area contributed by atoms with Crippen LogP contribution in [0, 0.1) is 0 Å². The molecule has 2 rings (SSSR count). The van der Waals surface area contributed by atoms with Crippen LogP contribution in [0.25, 0.3) is 11.0 Å². The third-order valence-corrected chi connectivity index (χ3v) is 2.64. The second kappa shape index (κ2) is 4.40. The van der Waals surface area contributed by atoms with Crippen LogP contribution in [0.2, 0.25) is 0 Å². The second-order valence-electron chi connectivity index (χ2n) is 5.16. The molecule has 0 aliphatic rings. The van der Waals surface area contributed by atoms with E-state index in [9.17, 15) is 4.79 Å². The van der Waals surface area contributed by atoms with Crippen molar-refractivity contribution in [1.82, 2.24) is 15.2 Å². The van der Waals surface area contributed by atoms with Gasteiger partial charge in [0.25, 0.3) is 0 Å². The Bertz CT molecular complexity index is 581. The molecule has 1 N–H and O–H groups in total. The van der Waals surface area contributed by atoms with Gasteiger partial charge in [0.05, 0.1) is 17.9 Å². The van der Waals surface area contributed by atoms with Gasteiger partial charge in [0.2, 0.25) is 0 Å². The van der Waals surface area contributed by atoms with E-state index in [0.29, 0.717) is 17.8 Å². The van der Waals surface area contributed by atoms with Gasteiger partial charge in [-0.1, -0.05) is 20.8 Å². The predicted molar refractivity (Wildman–Crippen MR) is 68.5 cm³/mol. The first-order valence-corrected chi connectivity index (χ1v) is 5.95. The summed E-state index contributed by atoms with van der Waals surface area (Å²) in [6.07, 6.45) is 1.50. The molecule has 2 aromatic heterocycles. The zero-order valence-electron chi connectivity index (χ0n) is 11.1. The van der Waals surface area contributed by atoms with Crippen LogP contribution in [-0.4, -0.2) is 27.8 Å². The van der Waals surface area contributed by atoms with Crippen LogP contribution in [-0.2, 0) is 10.2 Å². The third-order valence-electron chi connectivity index (χ3n) is 2.64. The van der Waals surface area contributed by atoms with Gasteiger partial charge in [-0.3, -0.25) is 5.10 Å². The van der Waals surface area contributed by atoms with Gasteiger partial charge in [-0.25, -0.2) is 9.78 Å². The first kappa shape index (κ1) is 12.5. The Labute approximate surface area is 106 Å². The van der Waals surface area contributed by atoms with Gasteiger partial charge in [0.1, 0.15) is 0 Å². The lowest BCUT2D eigenvalue weighted by Gasteiger charge is -2.15. The summed E-state index contributed by atoms with van der Waals surface area (Å²) in [6.45, 7) is 8.34. The highest BCUT2D eigenvalue weighted by Gasteiger charge is 2.21. The van der Waals surface area contributed by atoms with Gasteiger partial charge >= 0.3 is 5.97 Å². The molecule has 96 valence electrons. The number of rotatable bonds is 2. The van der Waals surface area contributed by atoms with Crippen molar-refractivity contribution in [2.75, 3.05) is 6.61 Å². The number of hydrogen-bond acceptors (Lipinski definition) is 4. The first-order valence-electron chi connectivity index (χ1n) is 5.95. The number of esters is 1. The van der Waals surface area contributed by atoms with Crippen molar-refractivity contribution < 1.29 is 9.53 Å². The Morgan fingerprint density at radius 2 is 2.17 bits per heavy atom. The molecule has 5 nitrogen and oxygen atoms in total. The largest absolute Gasteiger partial charge is 0.462 e. The summed E-state index contributed by atoms with van der Waals surface area (Å²) in [5, 5.41) is 8.02. The molecule has 0 bridgehead atoms. The number of carbonyl (C=O) groups excluding carboxylic acids is 1. The topological polar surface area (TPSA) is 67.9 Å². The van der Waals surface area contributed by atoms with E-state index in [1.54, 1.807) is 13.0 Å². The zero-order chi connectivity index (χ0) is 13.3. The van der Waals surface area contributed by atoms with E-state index in [1.807, 2.05) is 0 Å². The smallest absolute Gasteiger partial charge is 0.339 e. The highest BCUT2D eigenvalue weighted by atomic mass is 16.5. The number of carbonyl (C=O) groups is 1. The summed E-state index contributed by atoms with van der Waals surface area (Å²) in [6, 6.07) is 1.78. The van der Waals surface area contributed by atoms with Crippen molar-refractivity contribution >= 4 is 17.0 Å². The van der Waals surface area contributed by atoms with Crippen molar-refractivity contribution in [2.45, 2.75) is 33.1 Å². The quantitative estimate of drug-likeness (QED) is 0.827. The number of aromatic nitrogens is 3. The molecule has 0 radical (unpaired) electrons. The van der Waals surface area contributed by atoms with E-state index < -0.39 is 0 Å². The lowest BCUT2D eigenvalue weighted by Crippen LogP contribution is -2.12. The van der Waals surface area contributed by atoms with Crippen molar-refractivity contribution in [3.05, 3.63) is 23.5 Å². The minimum Gasteiger partial charge on any atom is -0.462 e. The van der Waals surface area contributed by atoms with Crippen LogP contribution in [0.1, 0.15) is 43.7 Å². The maximum atomic E-state index is 11.7. The molecular weight excluding hydrogens is 230 g/mol. The molecule has 0 spiro atoms. The Balaban J connectivity index is 2.52. The van der Waals surface area contributed by atoms with Crippen LogP contribution in [0.5, 0.6) is 0 Å². The minimum atomic E-state index is -0.354. The van der Waals surface area contributed by atoms with Crippen LogP contribution < -0.4 is 0 Å². The van der Waals surface area contributed by atoms with Crippen LogP contribution in [0.15, 0.2) is 12.3 Å². The van der Waals surface area contributed by atoms with Gasteiger partial charge in [0, 0.05) is 17.0 Å². The Hall–Kier alpha value is -1.91. The minimum absolute atomic E-state index is 0.104. The number of nitrogens with one attached hydrogen (secondary N) is 1. The van der Waals surface area contributed by atoms with E-state index in [2.05, 4.69) is 36.0 Å². The first-order chi connectivity index (χ1) is 8.43. The molecular formula is C13H17N3O2. The number of hydrogen-bond donors (Lipinski definition) is 1. The number of pyridine rings is 1. The molecule has 0 aromatic carbocycles. The SMILES string of the molecule is CCOC(=O)c1cnc2[nH]nc(C(C)(C)C)c2c1. The lowest BCUT2D eigenvalue weighted by molar-refractivity contribution is 0.0526. The lowest BCUT2D eigenvalue weighted by atomic mass is 9.90. The van der Waals surface area contributed by atoms with Crippen molar-refractivity contribution in [2.24, 2.45) is 0 Å². The fourth-order valence-corrected chi connectivity index (χ4v) is 1.80. The fourth-order valence-electron chi connectivity index (χ4n) is 1.80. The molecule has 18 heavy (non-hydrogen) atoms. The summed E-state index contributed by atoms with van der Waals surface area (Å²) >= 11 is 0. The van der Waals surface area contributed by atoms with Crippen LogP contribution >= 0.6 is 0 Å². The van der Waals surface area contributed by atoms with Gasteiger partial charge in [-0.2, -0.15) is 5.10 Å². The van der Waals surface area contributed by atoms with E-state index in [0.717, 1.165) is 11.1 Å². The maximum Gasteiger partial charge on any atom is 0.339 e. The molecule has 0 atom stereocenters. The molecule has 0 amide bonds. The zero-order valence-corrected chi connectivity index (χ0v) is 11.1. The Morgan fingerprint density at radius 1 is 1.44 bits per heavy atom. The molecule has 0 aliphatic heterocycles. The van der Waals surface area contributed by atoms with E-state index in [1.165, 1.54) is 6.20 Å². The number of nitrogens with zero attached hydrogens (tertiary/aromatic N) is 2. The molecule has 0 unspecified atom stereocenters. The summed E-state index contributed by atoms with van der Waals surface area (Å²) in [4.78, 5) is 15.9. The summed E-state index contributed by atoms with van der Waals surface area (Å²) in [5.41, 5.74) is 1.94. The molecule has 5 heteroatoms. The van der Waals surface area contributed by atoms with E-state index in [4.69, 9.17) is 4.74 Å². The van der Waals surface area contributed by atoms with Crippen molar-refractivity contribution in [3.63, 3.8) is 0 Å². The number of H-pyrrole nitrogens is 1. The number of aromatic amines is 1. The van der Waals surface area contributed by atoms with Gasteiger partial charge in [-0.05, 0) is 13.0 Å². The molecule has 0 aliphatic carbocycles. The summed E-state index contributed by atoms with van der Waals surface area (Å²) in [5.74, 6) is -0.354. The standard InChI is InChI=1S/C13H17N3O2/c1-5-18-12(17)8-6-9-10(13(2,3)4)15-16-11(9)14-7-8/h6-7H,5H2,1-4H3,(H,14,15,16). The normalized spacial score (nSPS) is 11.8. The average Bonchev–Trinajstić information content (AvgIpc) is 2.71. The second-order valence-corrected chi connectivity index (χ2v) is 5.16. The predicted octanol–water partition coefficient (Wildman–Crippen LogP) is 2.43. The molecule has 0 saturated carbocycles. The molecule has 2 heterocycles. The van der Waals surface area contributed by atoms with Crippen LogP contribution in [0.3, 0.4) is 0 Å². The molecule has 2 aromatic rings. The van der Waals surface area contributed by atoms with Gasteiger partial charge in [0.15, 0.2) is 5.65 Å². The molecule has 0 saturated heterocycles. The number of fused-ring (bicyclic) bond motifs is 1. The maximum absolute atomic E-state index is 11.7. The van der Waals surface area contributed by atoms with Gasteiger partial charge in [-0.15, -0.1) is 0 Å². The van der Waals surface area contributed by atoms with Crippen molar-refractivity contribution in [1.29, 1.82) is 0 Å². The van der Waals surface area contributed by atoms with Crippen molar-refractivity contribution in [3.8, 4) is 0 Å². The fraction of sp³-hybridized carbons (Fsp3) is 0.462. The van der Waals surface area contributed by atoms with E-state index >= 15 is 0 Å². The van der Waals surface area contributed by atoms with Crippen LogP contribution in [0.4, 0.5) is 0 Å². The Kier molecular flexibility index (Phi) is 3.07. The highest BCUT2D eigenvalue weighted by Crippen LogP contribution is 2.27.